The third-order valence-corrected chi connectivity index (χ3v) is 5.75. The van der Waals surface area contributed by atoms with Gasteiger partial charge in [-0.25, -0.2) is 0 Å². The van der Waals surface area contributed by atoms with Gasteiger partial charge in [0.05, 0.1) is 23.3 Å². The number of hydrogen-bond acceptors (Lipinski definition) is 2. The van der Waals surface area contributed by atoms with Crippen molar-refractivity contribution in [2.24, 2.45) is 0 Å². The maximum absolute atomic E-state index is 8.96. The van der Waals surface area contributed by atoms with Gasteiger partial charge in [0.1, 0.15) is 0 Å². The number of halogens is 2. The van der Waals surface area contributed by atoms with Gasteiger partial charge in [-0.15, -0.1) is 0 Å². The van der Waals surface area contributed by atoms with Crippen LogP contribution in [-0.2, 0) is 6.42 Å². The summed E-state index contributed by atoms with van der Waals surface area (Å²) in [5.74, 6) is 0. The first-order valence-electron chi connectivity index (χ1n) is 9.65. The molecular weight excluding hydrogens is 423 g/mol. The van der Waals surface area contributed by atoms with E-state index in [1.165, 1.54) is 0 Å². The molecule has 0 aliphatic rings. The van der Waals surface area contributed by atoms with Gasteiger partial charge in [-0.2, -0.15) is 10.5 Å². The third-order valence-electron chi connectivity index (χ3n) is 5.13. The Balaban J connectivity index is 1.55. The van der Waals surface area contributed by atoms with Crippen molar-refractivity contribution in [1.29, 1.82) is 10.5 Å². The minimum absolute atomic E-state index is 0.623. The Kier molecular flexibility index (Phi) is 6.06. The van der Waals surface area contributed by atoms with Crippen molar-refractivity contribution in [3.8, 4) is 34.4 Å². The van der Waals surface area contributed by atoms with Gasteiger partial charge in [0, 0.05) is 21.2 Å². The molecule has 0 aliphatic heterocycles. The summed E-state index contributed by atoms with van der Waals surface area (Å²) < 4.78 is 0. The van der Waals surface area contributed by atoms with E-state index in [1.54, 1.807) is 24.3 Å². The Morgan fingerprint density at radius 1 is 0.548 bits per heavy atom. The molecule has 148 valence electrons. The average molecular weight is 439 g/mol. The molecule has 4 aromatic rings. The molecule has 0 aliphatic carbocycles. The molecule has 0 N–H and O–H groups in total. The molecule has 4 aromatic carbocycles. The smallest absolute Gasteiger partial charge is 0.0991 e. The van der Waals surface area contributed by atoms with Crippen molar-refractivity contribution < 1.29 is 0 Å². The summed E-state index contributed by atoms with van der Waals surface area (Å²) in [4.78, 5) is 0. The van der Waals surface area contributed by atoms with Crippen LogP contribution in [0.3, 0.4) is 0 Å². The van der Waals surface area contributed by atoms with E-state index in [1.807, 2.05) is 48.5 Å². The summed E-state index contributed by atoms with van der Waals surface area (Å²) in [6.07, 6.45) is 0.709. The van der Waals surface area contributed by atoms with Gasteiger partial charge in [0.2, 0.25) is 0 Å². The maximum atomic E-state index is 8.96. The van der Waals surface area contributed by atoms with E-state index in [9.17, 15) is 0 Å². The van der Waals surface area contributed by atoms with Crippen LogP contribution in [0.5, 0.6) is 0 Å². The number of benzene rings is 4. The second kappa shape index (κ2) is 9.07. The molecular formula is C27H16Cl2N2. The highest BCUT2D eigenvalue weighted by Gasteiger charge is 2.08. The summed E-state index contributed by atoms with van der Waals surface area (Å²) in [6.45, 7) is 0. The molecule has 0 saturated carbocycles. The van der Waals surface area contributed by atoms with Gasteiger partial charge in [0.15, 0.2) is 0 Å². The molecule has 0 radical (unpaired) electrons. The lowest BCUT2D eigenvalue weighted by Crippen LogP contribution is -1.91. The molecule has 0 unspecified atom stereocenters. The fourth-order valence-electron chi connectivity index (χ4n) is 3.49. The second-order valence-electron chi connectivity index (χ2n) is 7.18. The van der Waals surface area contributed by atoms with E-state index < -0.39 is 0 Å². The van der Waals surface area contributed by atoms with Gasteiger partial charge in [0.25, 0.3) is 0 Å². The van der Waals surface area contributed by atoms with Crippen LogP contribution in [0.4, 0.5) is 0 Å². The molecule has 4 heteroatoms. The first-order valence-corrected chi connectivity index (χ1v) is 10.4. The quantitative estimate of drug-likeness (QED) is 0.328. The van der Waals surface area contributed by atoms with Gasteiger partial charge in [-0.3, -0.25) is 0 Å². The van der Waals surface area contributed by atoms with Gasteiger partial charge in [-0.1, -0.05) is 71.7 Å². The van der Waals surface area contributed by atoms with E-state index >= 15 is 0 Å². The fraction of sp³-hybridized carbons (Fsp3) is 0.0370. The lowest BCUT2D eigenvalue weighted by Gasteiger charge is -2.10. The van der Waals surface area contributed by atoms with Crippen molar-refractivity contribution in [1.82, 2.24) is 0 Å². The predicted octanol–water partition coefficient (Wildman–Crippen LogP) is 7.66. The molecule has 0 heterocycles. The number of nitrogens with zero attached hydrogens (tertiary/aromatic N) is 2. The van der Waals surface area contributed by atoms with E-state index in [0.29, 0.717) is 27.6 Å². The van der Waals surface area contributed by atoms with Gasteiger partial charge in [-0.05, 0) is 65.1 Å². The molecule has 0 amide bonds. The molecule has 0 fully saturated rings. The number of nitriles is 2. The maximum Gasteiger partial charge on any atom is 0.0991 e. The van der Waals surface area contributed by atoms with Crippen molar-refractivity contribution in [3.05, 3.63) is 117 Å². The van der Waals surface area contributed by atoms with Crippen LogP contribution in [0.25, 0.3) is 22.3 Å². The summed E-state index contributed by atoms with van der Waals surface area (Å²) in [6, 6.07) is 31.1. The largest absolute Gasteiger partial charge is 0.192 e. The van der Waals surface area contributed by atoms with Crippen molar-refractivity contribution in [3.63, 3.8) is 0 Å². The Bertz CT molecular complexity index is 1220. The van der Waals surface area contributed by atoms with Gasteiger partial charge >= 0.3 is 0 Å². The Morgan fingerprint density at radius 3 is 1.26 bits per heavy atom. The highest BCUT2D eigenvalue weighted by molar-refractivity contribution is 6.33. The third kappa shape index (κ3) is 4.62. The minimum Gasteiger partial charge on any atom is -0.192 e. The molecule has 0 saturated heterocycles. The highest BCUT2D eigenvalue weighted by Crippen LogP contribution is 2.32. The zero-order chi connectivity index (χ0) is 21.8. The normalized spacial score (nSPS) is 10.3. The van der Waals surface area contributed by atoms with Crippen molar-refractivity contribution in [2.75, 3.05) is 0 Å². The van der Waals surface area contributed by atoms with Crippen molar-refractivity contribution in [2.45, 2.75) is 6.42 Å². The lowest BCUT2D eigenvalue weighted by molar-refractivity contribution is 1.19. The first-order chi connectivity index (χ1) is 15.1. The topological polar surface area (TPSA) is 47.6 Å². The highest BCUT2D eigenvalue weighted by atomic mass is 35.5. The number of hydrogen-bond donors (Lipinski definition) is 0. The Hall–Kier alpha value is -3.56. The van der Waals surface area contributed by atoms with E-state index in [4.69, 9.17) is 33.7 Å². The van der Waals surface area contributed by atoms with Crippen LogP contribution >= 0.6 is 23.2 Å². The van der Waals surface area contributed by atoms with E-state index in [2.05, 4.69) is 24.3 Å². The van der Waals surface area contributed by atoms with Crippen LogP contribution in [0.2, 0.25) is 10.0 Å². The molecule has 0 aromatic heterocycles. The molecule has 31 heavy (non-hydrogen) atoms. The van der Waals surface area contributed by atoms with E-state index in [-0.39, 0.29) is 0 Å². The number of rotatable bonds is 4. The molecule has 0 spiro atoms. The lowest BCUT2D eigenvalue weighted by atomic mass is 9.97. The molecule has 4 rings (SSSR count). The monoisotopic (exact) mass is 438 g/mol. The zero-order valence-electron chi connectivity index (χ0n) is 16.4. The second-order valence-corrected chi connectivity index (χ2v) is 8.00. The molecule has 2 nitrogen and oxygen atoms in total. The van der Waals surface area contributed by atoms with Crippen LogP contribution in [0.1, 0.15) is 22.3 Å². The van der Waals surface area contributed by atoms with Gasteiger partial charge < -0.3 is 0 Å². The standard InChI is InChI=1S/C27H16Cl2N2/c28-26-14-20(5-11-24(26)22-7-1-18(16-30)2-8-22)13-21-6-12-25(27(29)15-21)23-9-3-19(17-31)4-10-23/h1-12,14-15H,13H2. The summed E-state index contributed by atoms with van der Waals surface area (Å²) in [5.41, 5.74) is 7.24. The van der Waals surface area contributed by atoms with E-state index in [0.717, 1.165) is 33.4 Å². The van der Waals surface area contributed by atoms with Crippen LogP contribution in [0.15, 0.2) is 84.9 Å². The average Bonchev–Trinajstić information content (AvgIpc) is 2.80. The first kappa shape index (κ1) is 20.7. The van der Waals surface area contributed by atoms with Crippen molar-refractivity contribution >= 4 is 23.2 Å². The molecule has 0 atom stereocenters. The fourth-order valence-corrected chi connectivity index (χ4v) is 4.11. The minimum atomic E-state index is 0.623. The molecule has 0 bridgehead atoms. The zero-order valence-corrected chi connectivity index (χ0v) is 18.0. The summed E-state index contributed by atoms with van der Waals surface area (Å²) in [5, 5.41) is 19.2. The van der Waals surface area contributed by atoms with Crippen LogP contribution in [-0.4, -0.2) is 0 Å². The Labute approximate surface area is 191 Å². The SMILES string of the molecule is N#Cc1ccc(-c2ccc(Cc3ccc(-c4ccc(C#N)cc4)c(Cl)c3)cc2Cl)cc1. The van der Waals surface area contributed by atoms with Crippen LogP contribution < -0.4 is 0 Å². The summed E-state index contributed by atoms with van der Waals surface area (Å²) >= 11 is 13.1. The predicted molar refractivity (Wildman–Crippen MR) is 126 cm³/mol. The van der Waals surface area contributed by atoms with Crippen LogP contribution in [0, 0.1) is 22.7 Å². The summed E-state index contributed by atoms with van der Waals surface area (Å²) in [7, 11) is 0. The Morgan fingerprint density at radius 2 is 0.935 bits per heavy atom.